The van der Waals surface area contributed by atoms with Crippen molar-refractivity contribution in [2.45, 2.75) is 32.5 Å². The summed E-state index contributed by atoms with van der Waals surface area (Å²) in [5.74, 6) is 0.460. The van der Waals surface area contributed by atoms with Gasteiger partial charge in [-0.3, -0.25) is 9.59 Å². The van der Waals surface area contributed by atoms with Crippen LogP contribution >= 0.6 is 0 Å². The first-order valence-corrected chi connectivity index (χ1v) is 10.4. The lowest BCUT2D eigenvalue weighted by atomic mass is 10.0. The number of carbonyl (C=O) groups excluding carboxylic acids is 2. The number of rotatable bonds is 9. The highest BCUT2D eigenvalue weighted by atomic mass is 16.5. The van der Waals surface area contributed by atoms with E-state index in [0.29, 0.717) is 19.5 Å². The number of hydrogen-bond donors (Lipinski definition) is 1. The Balaban J connectivity index is 1.89. The summed E-state index contributed by atoms with van der Waals surface area (Å²) >= 11 is 0. The van der Waals surface area contributed by atoms with E-state index in [9.17, 15) is 9.59 Å². The summed E-state index contributed by atoms with van der Waals surface area (Å²) in [5, 5.41) is 3.01. The number of nitrogens with zero attached hydrogens (tertiary/aromatic N) is 1. The fraction of sp³-hybridized carbons (Fsp3) is 0.231. The van der Waals surface area contributed by atoms with Crippen molar-refractivity contribution in [2.75, 3.05) is 7.11 Å². The predicted molar refractivity (Wildman–Crippen MR) is 121 cm³/mol. The Morgan fingerprint density at radius 3 is 2.06 bits per heavy atom. The number of ether oxygens (including phenoxy) is 1. The summed E-state index contributed by atoms with van der Waals surface area (Å²) < 4.78 is 5.23. The van der Waals surface area contributed by atoms with Gasteiger partial charge in [-0.25, -0.2) is 0 Å². The van der Waals surface area contributed by atoms with E-state index < -0.39 is 6.04 Å². The molecule has 0 fully saturated rings. The van der Waals surface area contributed by atoms with E-state index in [0.717, 1.165) is 22.4 Å². The van der Waals surface area contributed by atoms with Gasteiger partial charge < -0.3 is 15.0 Å². The van der Waals surface area contributed by atoms with E-state index in [1.807, 2.05) is 91.9 Å². The van der Waals surface area contributed by atoms with Crippen LogP contribution in [0.1, 0.15) is 36.1 Å². The van der Waals surface area contributed by atoms with Crippen molar-refractivity contribution < 1.29 is 14.3 Å². The molecule has 0 heterocycles. The minimum absolute atomic E-state index is 0.0838. The van der Waals surface area contributed by atoms with Gasteiger partial charge in [0.2, 0.25) is 11.8 Å². The molecule has 0 saturated heterocycles. The average molecular weight is 417 g/mol. The third-order valence-electron chi connectivity index (χ3n) is 5.12. The van der Waals surface area contributed by atoms with Gasteiger partial charge in [-0.15, -0.1) is 0 Å². The minimum Gasteiger partial charge on any atom is -0.497 e. The number of amides is 2. The van der Waals surface area contributed by atoms with E-state index in [1.54, 1.807) is 12.0 Å². The number of hydrogen-bond acceptors (Lipinski definition) is 3. The molecule has 0 aliphatic rings. The van der Waals surface area contributed by atoms with Crippen molar-refractivity contribution in [2.24, 2.45) is 0 Å². The van der Waals surface area contributed by atoms with Crippen molar-refractivity contribution in [3.63, 3.8) is 0 Å². The molecule has 0 bridgehead atoms. The molecule has 0 aliphatic carbocycles. The van der Waals surface area contributed by atoms with Gasteiger partial charge in [-0.2, -0.15) is 0 Å². The van der Waals surface area contributed by atoms with Crippen LogP contribution in [0.2, 0.25) is 0 Å². The first kappa shape index (κ1) is 22.1. The number of nitrogens with one attached hydrogen (secondary N) is 1. The lowest BCUT2D eigenvalue weighted by Crippen LogP contribution is -2.43. The van der Waals surface area contributed by atoms with Crippen LogP contribution < -0.4 is 10.1 Å². The molecule has 5 heteroatoms. The summed E-state index contributed by atoms with van der Waals surface area (Å²) in [6.07, 6.45) is 0.311. The molecule has 0 saturated carbocycles. The third kappa shape index (κ3) is 5.95. The fourth-order valence-corrected chi connectivity index (χ4v) is 3.44. The smallest absolute Gasteiger partial charge is 0.247 e. The monoisotopic (exact) mass is 416 g/mol. The van der Waals surface area contributed by atoms with Crippen molar-refractivity contribution in [3.05, 3.63) is 102 Å². The molecule has 3 rings (SSSR count). The summed E-state index contributed by atoms with van der Waals surface area (Å²) in [5.41, 5.74) is 2.72. The van der Waals surface area contributed by atoms with Crippen LogP contribution in [0, 0.1) is 0 Å². The Morgan fingerprint density at radius 1 is 0.871 bits per heavy atom. The van der Waals surface area contributed by atoms with Crippen LogP contribution in [0.15, 0.2) is 84.9 Å². The van der Waals surface area contributed by atoms with Crippen LogP contribution in [0.4, 0.5) is 0 Å². The molecule has 5 nitrogen and oxygen atoms in total. The van der Waals surface area contributed by atoms with E-state index in [4.69, 9.17) is 4.74 Å². The van der Waals surface area contributed by atoms with Crippen molar-refractivity contribution in [1.29, 1.82) is 0 Å². The molecule has 0 radical (unpaired) electrons. The van der Waals surface area contributed by atoms with Gasteiger partial charge in [-0.05, 0) is 28.8 Å². The topological polar surface area (TPSA) is 58.6 Å². The Labute approximate surface area is 183 Å². The van der Waals surface area contributed by atoms with E-state index in [-0.39, 0.29) is 11.8 Å². The molecule has 0 unspecified atom stereocenters. The fourth-order valence-electron chi connectivity index (χ4n) is 3.44. The van der Waals surface area contributed by atoms with Gasteiger partial charge in [-0.1, -0.05) is 79.7 Å². The molecular weight excluding hydrogens is 388 g/mol. The largest absolute Gasteiger partial charge is 0.497 e. The van der Waals surface area contributed by atoms with Gasteiger partial charge in [0, 0.05) is 19.5 Å². The molecule has 0 aromatic heterocycles. The summed E-state index contributed by atoms with van der Waals surface area (Å²) in [4.78, 5) is 27.9. The van der Waals surface area contributed by atoms with Crippen molar-refractivity contribution in [3.8, 4) is 5.75 Å². The van der Waals surface area contributed by atoms with Crippen molar-refractivity contribution >= 4 is 11.8 Å². The lowest BCUT2D eigenvalue weighted by Gasteiger charge is -2.31. The zero-order valence-electron chi connectivity index (χ0n) is 18.0. The first-order chi connectivity index (χ1) is 15.1. The van der Waals surface area contributed by atoms with E-state index in [2.05, 4.69) is 5.32 Å². The molecule has 1 atom stereocenters. The van der Waals surface area contributed by atoms with Gasteiger partial charge in [0.1, 0.15) is 11.8 Å². The zero-order valence-corrected chi connectivity index (χ0v) is 18.0. The number of benzene rings is 3. The predicted octanol–water partition coefficient (Wildman–Crippen LogP) is 4.49. The second-order valence-corrected chi connectivity index (χ2v) is 7.24. The molecule has 3 aromatic carbocycles. The van der Waals surface area contributed by atoms with Crippen LogP contribution in [0.25, 0.3) is 0 Å². The maximum absolute atomic E-state index is 13.3. The van der Waals surface area contributed by atoms with E-state index in [1.165, 1.54) is 0 Å². The summed E-state index contributed by atoms with van der Waals surface area (Å²) in [6.45, 7) is 2.54. The molecule has 0 aliphatic heterocycles. The van der Waals surface area contributed by atoms with Gasteiger partial charge in [0.15, 0.2) is 0 Å². The first-order valence-electron chi connectivity index (χ1n) is 10.4. The van der Waals surface area contributed by atoms with Crippen LogP contribution in [-0.2, 0) is 22.7 Å². The number of carbonyl (C=O) groups is 2. The Hall–Kier alpha value is -3.60. The van der Waals surface area contributed by atoms with Gasteiger partial charge in [0.25, 0.3) is 0 Å². The SMILES string of the molecule is CCC(=O)N(Cc1ccc(OC)cc1)[C@H](C(=O)NCc1ccccc1)c1ccccc1. The Bertz CT molecular complexity index is 973. The Kier molecular flexibility index (Phi) is 7.82. The van der Waals surface area contributed by atoms with Crippen LogP contribution in [-0.4, -0.2) is 23.8 Å². The third-order valence-corrected chi connectivity index (χ3v) is 5.12. The highest BCUT2D eigenvalue weighted by Gasteiger charge is 2.30. The molecule has 3 aromatic rings. The highest BCUT2D eigenvalue weighted by molar-refractivity contribution is 5.88. The van der Waals surface area contributed by atoms with Gasteiger partial charge >= 0.3 is 0 Å². The maximum Gasteiger partial charge on any atom is 0.247 e. The second-order valence-electron chi connectivity index (χ2n) is 7.24. The molecule has 2 amide bonds. The average Bonchev–Trinajstić information content (AvgIpc) is 2.83. The van der Waals surface area contributed by atoms with Crippen molar-refractivity contribution in [1.82, 2.24) is 10.2 Å². The standard InChI is InChI=1S/C26H28N2O3/c1-3-24(29)28(19-21-14-16-23(31-2)17-15-21)25(22-12-8-5-9-13-22)26(30)27-18-20-10-6-4-7-11-20/h4-17,25H,3,18-19H2,1-2H3,(H,27,30)/t25-/m0/s1. The van der Waals surface area contributed by atoms with Gasteiger partial charge in [0.05, 0.1) is 7.11 Å². The zero-order chi connectivity index (χ0) is 22.1. The van der Waals surface area contributed by atoms with Crippen LogP contribution in [0.3, 0.4) is 0 Å². The molecule has 1 N–H and O–H groups in total. The summed E-state index contributed by atoms with van der Waals surface area (Å²) in [7, 11) is 1.62. The lowest BCUT2D eigenvalue weighted by molar-refractivity contribution is -0.141. The number of methoxy groups -OCH3 is 1. The molecule has 0 spiro atoms. The molecule has 31 heavy (non-hydrogen) atoms. The second kappa shape index (κ2) is 11.0. The Morgan fingerprint density at radius 2 is 1.48 bits per heavy atom. The molecule has 160 valence electrons. The summed E-state index contributed by atoms with van der Waals surface area (Å²) in [6, 6.07) is 26.0. The quantitative estimate of drug-likeness (QED) is 0.559. The van der Waals surface area contributed by atoms with Crippen LogP contribution in [0.5, 0.6) is 5.75 Å². The minimum atomic E-state index is -0.723. The maximum atomic E-state index is 13.3. The highest BCUT2D eigenvalue weighted by Crippen LogP contribution is 2.25. The molecular formula is C26H28N2O3. The van der Waals surface area contributed by atoms with E-state index >= 15 is 0 Å². The normalized spacial score (nSPS) is 11.4.